The molecule has 20 heavy (non-hydrogen) atoms. The minimum Gasteiger partial charge on any atom is -0.392 e. The van der Waals surface area contributed by atoms with Gasteiger partial charge in [0.05, 0.1) is 11.5 Å². The summed E-state index contributed by atoms with van der Waals surface area (Å²) in [6.45, 7) is 2.29. The Morgan fingerprint density at radius 1 is 1.35 bits per heavy atom. The maximum Gasteiger partial charge on any atom is 0.240 e. The van der Waals surface area contributed by atoms with E-state index in [0.29, 0.717) is 29.3 Å². The standard InChI is InChI=1S/C15H23NO3S/c1-2-14-7-6-13(11-17)10-15(14)20(18,19)16-9-8-12-4-3-5-12/h6-7,10,12,16-17H,2-5,8-9,11H2,1H3. The fourth-order valence-electron chi connectivity index (χ4n) is 2.50. The van der Waals surface area contributed by atoms with Crippen LogP contribution in [0.5, 0.6) is 0 Å². The summed E-state index contributed by atoms with van der Waals surface area (Å²) in [6, 6.07) is 5.13. The van der Waals surface area contributed by atoms with Crippen molar-refractivity contribution in [2.75, 3.05) is 6.54 Å². The number of aliphatic hydroxyl groups is 1. The van der Waals surface area contributed by atoms with Gasteiger partial charge >= 0.3 is 0 Å². The number of nitrogens with one attached hydrogen (secondary N) is 1. The SMILES string of the molecule is CCc1ccc(CO)cc1S(=O)(=O)NCCC1CCC1. The van der Waals surface area contributed by atoms with E-state index in [1.807, 2.05) is 6.92 Å². The number of hydrogen-bond donors (Lipinski definition) is 2. The van der Waals surface area contributed by atoms with Crippen LogP contribution in [0.1, 0.15) is 43.7 Å². The lowest BCUT2D eigenvalue weighted by molar-refractivity contribution is 0.281. The predicted octanol–water partition coefficient (Wildman–Crippen LogP) is 2.21. The molecule has 4 nitrogen and oxygen atoms in total. The van der Waals surface area contributed by atoms with Crippen molar-refractivity contribution < 1.29 is 13.5 Å². The van der Waals surface area contributed by atoms with Gasteiger partial charge in [0.2, 0.25) is 10.0 Å². The highest BCUT2D eigenvalue weighted by Crippen LogP contribution is 2.29. The van der Waals surface area contributed by atoms with E-state index in [4.69, 9.17) is 5.11 Å². The summed E-state index contributed by atoms with van der Waals surface area (Å²) in [7, 11) is -3.48. The molecule has 1 aromatic rings. The van der Waals surface area contributed by atoms with Crippen molar-refractivity contribution in [2.45, 2.75) is 50.5 Å². The summed E-state index contributed by atoms with van der Waals surface area (Å²) in [6.07, 6.45) is 5.30. The van der Waals surface area contributed by atoms with Crippen molar-refractivity contribution in [2.24, 2.45) is 5.92 Å². The quantitative estimate of drug-likeness (QED) is 0.811. The average Bonchev–Trinajstić information content (AvgIpc) is 2.40. The summed E-state index contributed by atoms with van der Waals surface area (Å²) in [5, 5.41) is 9.16. The van der Waals surface area contributed by atoms with Crippen LogP contribution in [0.2, 0.25) is 0 Å². The van der Waals surface area contributed by atoms with Crippen LogP contribution in [0.25, 0.3) is 0 Å². The molecule has 1 aliphatic rings. The van der Waals surface area contributed by atoms with E-state index in [2.05, 4.69) is 4.72 Å². The molecule has 0 aliphatic heterocycles. The number of benzene rings is 1. The van der Waals surface area contributed by atoms with Crippen LogP contribution in [0.4, 0.5) is 0 Å². The van der Waals surface area contributed by atoms with Gasteiger partial charge in [-0.15, -0.1) is 0 Å². The molecule has 0 atom stereocenters. The molecule has 0 radical (unpaired) electrons. The second-order valence-corrected chi connectivity index (χ2v) is 7.17. The van der Waals surface area contributed by atoms with Crippen LogP contribution >= 0.6 is 0 Å². The summed E-state index contributed by atoms with van der Waals surface area (Å²) in [5.41, 5.74) is 1.42. The normalized spacial score (nSPS) is 16.1. The first kappa shape index (κ1) is 15.5. The van der Waals surface area contributed by atoms with Gasteiger partial charge in [-0.1, -0.05) is 38.3 Å². The molecule has 1 fully saturated rings. The molecule has 1 aromatic carbocycles. The molecule has 1 saturated carbocycles. The van der Waals surface area contributed by atoms with Crippen LogP contribution in [0.3, 0.4) is 0 Å². The Balaban J connectivity index is 2.10. The lowest BCUT2D eigenvalue weighted by Gasteiger charge is -2.25. The Hall–Kier alpha value is -0.910. The van der Waals surface area contributed by atoms with E-state index in [1.54, 1.807) is 18.2 Å². The van der Waals surface area contributed by atoms with E-state index >= 15 is 0 Å². The number of aliphatic hydroxyl groups excluding tert-OH is 1. The van der Waals surface area contributed by atoms with E-state index in [1.165, 1.54) is 19.3 Å². The van der Waals surface area contributed by atoms with Crippen molar-refractivity contribution in [3.05, 3.63) is 29.3 Å². The zero-order chi connectivity index (χ0) is 14.6. The van der Waals surface area contributed by atoms with E-state index in [-0.39, 0.29) is 6.61 Å². The van der Waals surface area contributed by atoms with E-state index in [0.717, 1.165) is 12.0 Å². The van der Waals surface area contributed by atoms with Crippen molar-refractivity contribution in [1.82, 2.24) is 4.72 Å². The van der Waals surface area contributed by atoms with Crippen LogP contribution in [0.15, 0.2) is 23.1 Å². The van der Waals surface area contributed by atoms with Gasteiger partial charge in [0, 0.05) is 6.54 Å². The molecule has 2 rings (SSSR count). The van der Waals surface area contributed by atoms with Gasteiger partial charge in [-0.05, 0) is 36.0 Å². The summed E-state index contributed by atoms with van der Waals surface area (Å²) in [5.74, 6) is 0.687. The van der Waals surface area contributed by atoms with Crippen molar-refractivity contribution >= 4 is 10.0 Å². The van der Waals surface area contributed by atoms with Gasteiger partial charge in [-0.3, -0.25) is 0 Å². The summed E-state index contributed by atoms with van der Waals surface area (Å²) < 4.78 is 27.4. The van der Waals surface area contributed by atoms with Gasteiger partial charge in [0.15, 0.2) is 0 Å². The van der Waals surface area contributed by atoms with Crippen LogP contribution in [-0.2, 0) is 23.1 Å². The fraction of sp³-hybridized carbons (Fsp3) is 0.600. The lowest BCUT2D eigenvalue weighted by atomic mass is 9.83. The molecule has 0 amide bonds. The molecule has 0 bridgehead atoms. The topological polar surface area (TPSA) is 66.4 Å². The fourth-order valence-corrected chi connectivity index (χ4v) is 3.90. The number of aryl methyl sites for hydroxylation is 1. The van der Waals surface area contributed by atoms with Crippen LogP contribution in [-0.4, -0.2) is 20.1 Å². The molecule has 0 aromatic heterocycles. The Morgan fingerprint density at radius 3 is 2.65 bits per heavy atom. The van der Waals surface area contributed by atoms with Gasteiger partial charge in [0.25, 0.3) is 0 Å². The van der Waals surface area contributed by atoms with Gasteiger partial charge in [-0.2, -0.15) is 0 Å². The molecular weight excluding hydrogens is 274 g/mol. The maximum atomic E-state index is 12.4. The first-order chi connectivity index (χ1) is 9.56. The Morgan fingerprint density at radius 2 is 2.10 bits per heavy atom. The molecule has 1 aliphatic carbocycles. The minimum atomic E-state index is -3.48. The third-order valence-corrected chi connectivity index (χ3v) is 5.60. The molecule has 0 heterocycles. The highest BCUT2D eigenvalue weighted by molar-refractivity contribution is 7.89. The zero-order valence-electron chi connectivity index (χ0n) is 11.9. The van der Waals surface area contributed by atoms with Crippen molar-refractivity contribution in [3.63, 3.8) is 0 Å². The van der Waals surface area contributed by atoms with Gasteiger partial charge < -0.3 is 5.11 Å². The molecule has 0 saturated heterocycles. The number of sulfonamides is 1. The highest BCUT2D eigenvalue weighted by Gasteiger charge is 2.21. The average molecular weight is 297 g/mol. The second kappa shape index (κ2) is 6.70. The molecule has 2 N–H and O–H groups in total. The predicted molar refractivity (Wildman–Crippen MR) is 78.9 cm³/mol. The zero-order valence-corrected chi connectivity index (χ0v) is 12.7. The van der Waals surface area contributed by atoms with Gasteiger partial charge in [-0.25, -0.2) is 13.1 Å². The Bertz CT molecular complexity index is 550. The molecule has 0 spiro atoms. The number of hydrogen-bond acceptors (Lipinski definition) is 3. The number of rotatable bonds is 7. The smallest absolute Gasteiger partial charge is 0.240 e. The highest BCUT2D eigenvalue weighted by atomic mass is 32.2. The first-order valence-corrected chi connectivity index (χ1v) is 8.77. The monoisotopic (exact) mass is 297 g/mol. The largest absolute Gasteiger partial charge is 0.392 e. The third kappa shape index (κ3) is 3.59. The summed E-state index contributed by atoms with van der Waals surface area (Å²) in [4.78, 5) is 0.306. The van der Waals surface area contributed by atoms with Crippen LogP contribution in [0, 0.1) is 5.92 Å². The molecule has 5 heteroatoms. The Kier molecular flexibility index (Phi) is 5.18. The lowest BCUT2D eigenvalue weighted by Crippen LogP contribution is -2.28. The molecular formula is C15H23NO3S. The maximum absolute atomic E-state index is 12.4. The van der Waals surface area contributed by atoms with Crippen molar-refractivity contribution in [3.8, 4) is 0 Å². The molecule has 0 unspecified atom stereocenters. The second-order valence-electron chi connectivity index (χ2n) is 5.44. The minimum absolute atomic E-state index is 0.144. The molecule has 112 valence electrons. The van der Waals surface area contributed by atoms with E-state index in [9.17, 15) is 8.42 Å². The van der Waals surface area contributed by atoms with Crippen LogP contribution < -0.4 is 4.72 Å². The summed E-state index contributed by atoms with van der Waals surface area (Å²) >= 11 is 0. The first-order valence-electron chi connectivity index (χ1n) is 7.29. The van der Waals surface area contributed by atoms with E-state index < -0.39 is 10.0 Å². The third-order valence-electron chi connectivity index (χ3n) is 4.05. The Labute approximate surface area is 121 Å². The van der Waals surface area contributed by atoms with Gasteiger partial charge in [0.1, 0.15) is 0 Å². The van der Waals surface area contributed by atoms with Crippen molar-refractivity contribution in [1.29, 1.82) is 0 Å².